The van der Waals surface area contributed by atoms with Crippen LogP contribution in [0.1, 0.15) is 24.9 Å². The van der Waals surface area contributed by atoms with Crippen LogP contribution in [-0.2, 0) is 0 Å². The molecule has 1 aliphatic rings. The van der Waals surface area contributed by atoms with Crippen molar-refractivity contribution in [2.45, 2.75) is 19.4 Å². The third kappa shape index (κ3) is 2.47. The minimum atomic E-state index is 0.00946. The summed E-state index contributed by atoms with van der Waals surface area (Å²) < 4.78 is 5.78. The maximum Gasteiger partial charge on any atom is 0.142 e. The Balaban J connectivity index is 2.03. The molecule has 0 saturated carbocycles. The van der Waals surface area contributed by atoms with Crippen LogP contribution in [0.5, 0.6) is 5.75 Å². The molecule has 0 aliphatic carbocycles. The van der Waals surface area contributed by atoms with Gasteiger partial charge in [0.25, 0.3) is 0 Å². The number of aromatic nitrogens is 1. The summed E-state index contributed by atoms with van der Waals surface area (Å²) in [5.41, 5.74) is 8.13. The van der Waals surface area contributed by atoms with E-state index >= 15 is 0 Å². The van der Waals surface area contributed by atoms with E-state index < -0.39 is 0 Å². The first-order chi connectivity index (χ1) is 9.75. The molecule has 1 atom stereocenters. The maximum atomic E-state index is 5.97. The molecule has 0 radical (unpaired) electrons. The second-order valence-electron chi connectivity index (χ2n) is 5.06. The number of hydrogen-bond donors (Lipinski definition) is 1. The summed E-state index contributed by atoms with van der Waals surface area (Å²) in [5.74, 6) is 1.84. The highest BCUT2D eigenvalue weighted by Crippen LogP contribution is 2.35. The Bertz CT molecular complexity index is 598. The molecule has 20 heavy (non-hydrogen) atoms. The van der Waals surface area contributed by atoms with Crippen LogP contribution in [0.4, 0.5) is 11.5 Å². The largest absolute Gasteiger partial charge is 0.491 e. The van der Waals surface area contributed by atoms with Gasteiger partial charge in [-0.3, -0.25) is 0 Å². The lowest BCUT2D eigenvalue weighted by Gasteiger charge is -2.23. The van der Waals surface area contributed by atoms with Crippen molar-refractivity contribution >= 4 is 11.5 Å². The highest BCUT2D eigenvalue weighted by atomic mass is 16.5. The van der Waals surface area contributed by atoms with Gasteiger partial charge in [0.05, 0.1) is 12.3 Å². The van der Waals surface area contributed by atoms with Gasteiger partial charge >= 0.3 is 0 Å². The van der Waals surface area contributed by atoms with Crippen molar-refractivity contribution in [2.75, 3.05) is 18.1 Å². The number of rotatable bonds is 2. The van der Waals surface area contributed by atoms with Crippen molar-refractivity contribution in [3.63, 3.8) is 0 Å². The van der Waals surface area contributed by atoms with Crippen LogP contribution in [0.3, 0.4) is 0 Å². The molecule has 2 aromatic rings. The number of ether oxygens (including phenoxy) is 1. The lowest BCUT2D eigenvalue weighted by Crippen LogP contribution is -2.19. The van der Waals surface area contributed by atoms with Gasteiger partial charge < -0.3 is 15.4 Å². The molecule has 4 nitrogen and oxygen atoms in total. The van der Waals surface area contributed by atoms with Crippen molar-refractivity contribution in [2.24, 2.45) is 5.73 Å². The first-order valence-corrected chi connectivity index (χ1v) is 6.96. The molecule has 1 aromatic heterocycles. The smallest absolute Gasteiger partial charge is 0.142 e. The van der Waals surface area contributed by atoms with Crippen molar-refractivity contribution in [3.05, 3.63) is 48.2 Å². The molecular weight excluding hydrogens is 250 g/mol. The average Bonchev–Trinajstić information content (AvgIpc) is 2.69. The molecule has 0 spiro atoms. The van der Waals surface area contributed by atoms with E-state index in [9.17, 15) is 0 Å². The van der Waals surface area contributed by atoms with Crippen LogP contribution in [-0.4, -0.2) is 18.1 Å². The standard InChI is InChI=1S/C16H19N3O/c1-12(17)13-7-8-18-16(11-13)19-9-4-10-20-15-6-3-2-5-14(15)19/h2-3,5-8,11-12H,4,9-10,17H2,1H3. The van der Waals surface area contributed by atoms with E-state index in [1.165, 1.54) is 0 Å². The minimum Gasteiger partial charge on any atom is -0.491 e. The Labute approximate surface area is 119 Å². The van der Waals surface area contributed by atoms with Crippen molar-refractivity contribution in [3.8, 4) is 5.75 Å². The maximum absolute atomic E-state index is 5.97. The summed E-state index contributed by atoms with van der Waals surface area (Å²) >= 11 is 0. The van der Waals surface area contributed by atoms with Gasteiger partial charge in [0.1, 0.15) is 11.6 Å². The topological polar surface area (TPSA) is 51.4 Å². The van der Waals surface area contributed by atoms with Crippen LogP contribution in [0.15, 0.2) is 42.6 Å². The van der Waals surface area contributed by atoms with Crippen LogP contribution in [0, 0.1) is 0 Å². The summed E-state index contributed by atoms with van der Waals surface area (Å²) in [5, 5.41) is 0. The lowest BCUT2D eigenvalue weighted by atomic mass is 10.1. The van der Waals surface area contributed by atoms with E-state index in [2.05, 4.69) is 22.0 Å². The Morgan fingerprint density at radius 3 is 3.00 bits per heavy atom. The van der Waals surface area contributed by atoms with Gasteiger partial charge in [0.15, 0.2) is 0 Å². The zero-order valence-corrected chi connectivity index (χ0v) is 11.6. The molecule has 4 heteroatoms. The van der Waals surface area contributed by atoms with E-state index in [1.54, 1.807) is 0 Å². The fourth-order valence-electron chi connectivity index (χ4n) is 2.43. The second kappa shape index (κ2) is 5.51. The summed E-state index contributed by atoms with van der Waals surface area (Å²) in [6.07, 6.45) is 2.79. The van der Waals surface area contributed by atoms with Crippen molar-refractivity contribution in [1.82, 2.24) is 4.98 Å². The minimum absolute atomic E-state index is 0.00946. The first kappa shape index (κ1) is 12.9. The molecule has 2 N–H and O–H groups in total. The summed E-state index contributed by atoms with van der Waals surface area (Å²) in [6.45, 7) is 3.62. The Morgan fingerprint density at radius 2 is 2.15 bits per heavy atom. The normalized spacial score (nSPS) is 16.0. The highest BCUT2D eigenvalue weighted by Gasteiger charge is 2.18. The molecule has 0 fully saturated rings. The fourth-order valence-corrected chi connectivity index (χ4v) is 2.43. The third-order valence-corrected chi connectivity index (χ3v) is 3.51. The zero-order chi connectivity index (χ0) is 13.9. The van der Waals surface area contributed by atoms with E-state index in [4.69, 9.17) is 10.5 Å². The number of nitrogens with two attached hydrogens (primary N) is 1. The number of para-hydroxylation sites is 2. The molecule has 1 aromatic carbocycles. The lowest BCUT2D eigenvalue weighted by molar-refractivity contribution is 0.322. The number of pyridine rings is 1. The number of fused-ring (bicyclic) bond motifs is 1. The van der Waals surface area contributed by atoms with E-state index in [0.29, 0.717) is 0 Å². The molecule has 0 saturated heterocycles. The van der Waals surface area contributed by atoms with Gasteiger partial charge in [-0.15, -0.1) is 0 Å². The first-order valence-electron chi connectivity index (χ1n) is 6.96. The Kier molecular flexibility index (Phi) is 3.56. The zero-order valence-electron chi connectivity index (χ0n) is 11.6. The molecule has 2 heterocycles. The third-order valence-electron chi connectivity index (χ3n) is 3.51. The van der Waals surface area contributed by atoms with Gasteiger partial charge in [-0.25, -0.2) is 4.98 Å². The Hall–Kier alpha value is -2.07. The number of nitrogens with zero attached hydrogens (tertiary/aromatic N) is 2. The second-order valence-corrected chi connectivity index (χ2v) is 5.06. The van der Waals surface area contributed by atoms with Gasteiger partial charge in [0.2, 0.25) is 0 Å². The molecule has 1 unspecified atom stereocenters. The summed E-state index contributed by atoms with van der Waals surface area (Å²) in [4.78, 5) is 6.70. The number of benzene rings is 1. The summed E-state index contributed by atoms with van der Waals surface area (Å²) in [7, 11) is 0. The van der Waals surface area contributed by atoms with E-state index in [-0.39, 0.29) is 6.04 Å². The van der Waals surface area contributed by atoms with Crippen LogP contribution < -0.4 is 15.4 Å². The monoisotopic (exact) mass is 269 g/mol. The SMILES string of the molecule is CC(N)c1ccnc(N2CCCOc3ccccc32)c1. The van der Waals surface area contributed by atoms with Crippen molar-refractivity contribution in [1.29, 1.82) is 0 Å². The van der Waals surface area contributed by atoms with Gasteiger partial charge in [-0.1, -0.05) is 12.1 Å². The number of anilines is 2. The number of hydrogen-bond acceptors (Lipinski definition) is 4. The predicted molar refractivity (Wildman–Crippen MR) is 80.4 cm³/mol. The summed E-state index contributed by atoms with van der Waals surface area (Å²) in [6, 6.07) is 12.1. The quantitative estimate of drug-likeness (QED) is 0.910. The van der Waals surface area contributed by atoms with Gasteiger partial charge in [0, 0.05) is 18.8 Å². The molecule has 1 aliphatic heterocycles. The average molecular weight is 269 g/mol. The fraction of sp³-hybridized carbons (Fsp3) is 0.312. The van der Waals surface area contributed by atoms with Crippen LogP contribution >= 0.6 is 0 Å². The molecule has 3 rings (SSSR count). The Morgan fingerprint density at radius 1 is 1.30 bits per heavy atom. The predicted octanol–water partition coefficient (Wildman–Crippen LogP) is 3.02. The molecule has 104 valence electrons. The molecule has 0 bridgehead atoms. The van der Waals surface area contributed by atoms with Gasteiger partial charge in [-0.05, 0) is 43.2 Å². The molecular formula is C16H19N3O. The van der Waals surface area contributed by atoms with Gasteiger partial charge in [-0.2, -0.15) is 0 Å². The van der Waals surface area contributed by atoms with Crippen molar-refractivity contribution < 1.29 is 4.74 Å². The van der Waals surface area contributed by atoms with Crippen LogP contribution in [0.2, 0.25) is 0 Å². The van der Waals surface area contributed by atoms with E-state index in [1.807, 2.05) is 37.4 Å². The van der Waals surface area contributed by atoms with E-state index in [0.717, 1.165) is 42.4 Å². The highest BCUT2D eigenvalue weighted by molar-refractivity contribution is 5.67. The molecule has 0 amide bonds. The van der Waals surface area contributed by atoms with Crippen LogP contribution in [0.25, 0.3) is 0 Å².